The summed E-state index contributed by atoms with van der Waals surface area (Å²) in [6.45, 7) is 5.43. The lowest BCUT2D eigenvalue weighted by atomic mass is 10.2. The summed E-state index contributed by atoms with van der Waals surface area (Å²) in [5, 5.41) is 4.93. The quantitative estimate of drug-likeness (QED) is 0.815. The van der Waals surface area contributed by atoms with Crippen molar-refractivity contribution >= 4 is 38.5 Å². The number of nitrogens with one attached hydrogen (secondary N) is 1. The Hall–Kier alpha value is -1.47. The van der Waals surface area contributed by atoms with Gasteiger partial charge in [0.15, 0.2) is 5.13 Å². The molecule has 0 fully saturated rings. The summed E-state index contributed by atoms with van der Waals surface area (Å²) >= 11 is 4.64. The summed E-state index contributed by atoms with van der Waals surface area (Å²) in [5.41, 5.74) is 0.922. The number of pyridine rings is 1. The Morgan fingerprint density at radius 2 is 2.05 bits per heavy atom. The minimum absolute atomic E-state index is 0.482. The second-order valence-corrected chi connectivity index (χ2v) is 6.68. The normalized spacial score (nSPS) is 11.2. The maximum Gasteiger partial charge on any atom is 0.413 e. The lowest BCUT2D eigenvalue weighted by Gasteiger charge is -2.18. The van der Waals surface area contributed by atoms with Crippen molar-refractivity contribution in [3.8, 4) is 11.4 Å². The van der Waals surface area contributed by atoms with Crippen LogP contribution in [-0.4, -0.2) is 21.7 Å². The van der Waals surface area contributed by atoms with E-state index in [1.165, 1.54) is 11.3 Å². The standard InChI is InChI=1S/C13H14BrN3O2S/c1-13(2,3)19-12(18)17-11-16-9(7-20-11)8-5-4-6-10(14)15-8/h4-7H,1-3H3,(H,16,17,18). The van der Waals surface area contributed by atoms with Gasteiger partial charge < -0.3 is 4.74 Å². The predicted molar refractivity (Wildman–Crippen MR) is 82.9 cm³/mol. The van der Waals surface area contributed by atoms with Crippen LogP contribution in [0.25, 0.3) is 11.4 Å². The van der Waals surface area contributed by atoms with E-state index in [9.17, 15) is 4.79 Å². The number of amides is 1. The molecule has 2 aromatic heterocycles. The Morgan fingerprint density at radius 1 is 1.30 bits per heavy atom. The Balaban J connectivity index is 2.08. The van der Waals surface area contributed by atoms with Gasteiger partial charge in [0.2, 0.25) is 0 Å². The highest BCUT2D eigenvalue weighted by Gasteiger charge is 2.17. The first-order chi connectivity index (χ1) is 9.33. The molecule has 7 heteroatoms. The van der Waals surface area contributed by atoms with Gasteiger partial charge in [-0.15, -0.1) is 11.3 Å². The number of ether oxygens (including phenoxy) is 1. The summed E-state index contributed by atoms with van der Waals surface area (Å²) in [4.78, 5) is 20.3. The largest absolute Gasteiger partial charge is 0.444 e. The van der Waals surface area contributed by atoms with Crippen molar-refractivity contribution in [3.63, 3.8) is 0 Å². The lowest BCUT2D eigenvalue weighted by molar-refractivity contribution is 0.0636. The van der Waals surface area contributed by atoms with Gasteiger partial charge in [0.1, 0.15) is 15.9 Å². The number of hydrogen-bond acceptors (Lipinski definition) is 5. The van der Waals surface area contributed by atoms with Crippen LogP contribution in [0.1, 0.15) is 20.8 Å². The van der Waals surface area contributed by atoms with E-state index in [2.05, 4.69) is 31.2 Å². The van der Waals surface area contributed by atoms with Gasteiger partial charge in [0.05, 0.1) is 5.69 Å². The van der Waals surface area contributed by atoms with Crippen molar-refractivity contribution in [1.29, 1.82) is 0 Å². The number of thiazole rings is 1. The molecule has 0 aromatic carbocycles. The van der Waals surface area contributed by atoms with E-state index < -0.39 is 11.7 Å². The molecule has 1 amide bonds. The van der Waals surface area contributed by atoms with Crippen LogP contribution in [-0.2, 0) is 4.74 Å². The molecule has 0 aliphatic rings. The van der Waals surface area contributed by atoms with Gasteiger partial charge in [-0.25, -0.2) is 14.8 Å². The first-order valence-electron chi connectivity index (χ1n) is 5.92. The molecule has 1 N–H and O–H groups in total. The van der Waals surface area contributed by atoms with Gasteiger partial charge in [-0.3, -0.25) is 5.32 Å². The lowest BCUT2D eigenvalue weighted by Crippen LogP contribution is -2.27. The zero-order valence-electron chi connectivity index (χ0n) is 11.3. The first-order valence-corrected chi connectivity index (χ1v) is 7.59. The highest BCUT2D eigenvalue weighted by Crippen LogP contribution is 2.24. The summed E-state index contributed by atoms with van der Waals surface area (Å²) in [6.07, 6.45) is -0.513. The van der Waals surface area contributed by atoms with Crippen LogP contribution in [0.3, 0.4) is 0 Å². The Kier molecular flexibility index (Phi) is 4.39. The summed E-state index contributed by atoms with van der Waals surface area (Å²) < 4.78 is 5.91. The Labute approximate surface area is 129 Å². The van der Waals surface area contributed by atoms with Gasteiger partial charge >= 0.3 is 6.09 Å². The Morgan fingerprint density at radius 3 is 2.70 bits per heavy atom. The van der Waals surface area contributed by atoms with E-state index in [1.807, 2.05) is 44.4 Å². The zero-order chi connectivity index (χ0) is 14.8. The molecule has 2 rings (SSSR count). The second-order valence-electron chi connectivity index (χ2n) is 5.01. The third-order valence-electron chi connectivity index (χ3n) is 2.09. The monoisotopic (exact) mass is 355 g/mol. The summed E-state index contributed by atoms with van der Waals surface area (Å²) in [7, 11) is 0. The van der Waals surface area contributed by atoms with Crippen LogP contribution in [0.15, 0.2) is 28.2 Å². The van der Waals surface area contributed by atoms with Crippen LogP contribution < -0.4 is 5.32 Å². The molecule has 106 valence electrons. The number of aromatic nitrogens is 2. The van der Waals surface area contributed by atoms with Crippen LogP contribution in [0.5, 0.6) is 0 Å². The molecule has 0 unspecified atom stereocenters. The summed E-state index contributed by atoms with van der Waals surface area (Å²) in [6, 6.07) is 5.58. The van der Waals surface area contributed by atoms with Crippen LogP contribution in [0.4, 0.5) is 9.93 Å². The minimum Gasteiger partial charge on any atom is -0.444 e. The number of carbonyl (C=O) groups is 1. The molecule has 0 radical (unpaired) electrons. The van der Waals surface area contributed by atoms with Crippen molar-refractivity contribution < 1.29 is 9.53 Å². The fourth-order valence-electron chi connectivity index (χ4n) is 1.39. The van der Waals surface area contributed by atoms with Crippen molar-refractivity contribution in [2.45, 2.75) is 26.4 Å². The molecule has 0 bridgehead atoms. The van der Waals surface area contributed by atoms with E-state index >= 15 is 0 Å². The van der Waals surface area contributed by atoms with Gasteiger partial charge in [0, 0.05) is 5.38 Å². The SMILES string of the molecule is CC(C)(C)OC(=O)Nc1nc(-c2cccc(Br)n2)cs1. The van der Waals surface area contributed by atoms with Gasteiger partial charge in [-0.1, -0.05) is 6.07 Å². The molecule has 2 aromatic rings. The zero-order valence-corrected chi connectivity index (χ0v) is 13.7. The van der Waals surface area contributed by atoms with E-state index in [1.54, 1.807) is 0 Å². The molecule has 0 aliphatic carbocycles. The molecule has 0 atom stereocenters. The molecule has 20 heavy (non-hydrogen) atoms. The highest BCUT2D eigenvalue weighted by atomic mass is 79.9. The third-order valence-corrected chi connectivity index (χ3v) is 3.29. The fourth-order valence-corrected chi connectivity index (χ4v) is 2.42. The molecule has 5 nitrogen and oxygen atoms in total. The number of halogens is 1. The minimum atomic E-state index is -0.532. The molecular weight excluding hydrogens is 342 g/mol. The molecule has 0 saturated carbocycles. The van der Waals surface area contributed by atoms with E-state index in [4.69, 9.17) is 4.74 Å². The number of nitrogens with zero attached hydrogens (tertiary/aromatic N) is 2. The molecule has 0 aliphatic heterocycles. The molecule has 0 spiro atoms. The van der Waals surface area contributed by atoms with Crippen molar-refractivity contribution in [1.82, 2.24) is 9.97 Å². The first kappa shape index (κ1) is 14.9. The predicted octanol–water partition coefficient (Wildman–Crippen LogP) is 4.31. The summed E-state index contributed by atoms with van der Waals surface area (Å²) in [5.74, 6) is 0. The van der Waals surface area contributed by atoms with Crippen LogP contribution in [0.2, 0.25) is 0 Å². The maximum atomic E-state index is 11.6. The van der Waals surface area contributed by atoms with Crippen molar-refractivity contribution in [3.05, 3.63) is 28.2 Å². The number of hydrogen-bond donors (Lipinski definition) is 1. The van der Waals surface area contributed by atoms with E-state index in [0.717, 1.165) is 10.3 Å². The van der Waals surface area contributed by atoms with Crippen molar-refractivity contribution in [2.75, 3.05) is 5.32 Å². The average molecular weight is 356 g/mol. The number of anilines is 1. The van der Waals surface area contributed by atoms with Gasteiger partial charge in [-0.05, 0) is 48.8 Å². The average Bonchev–Trinajstić information content (AvgIpc) is 2.74. The van der Waals surface area contributed by atoms with E-state index in [-0.39, 0.29) is 0 Å². The number of carbonyl (C=O) groups excluding carboxylic acids is 1. The van der Waals surface area contributed by atoms with Crippen LogP contribution >= 0.6 is 27.3 Å². The van der Waals surface area contributed by atoms with E-state index in [0.29, 0.717) is 10.8 Å². The fraction of sp³-hybridized carbons (Fsp3) is 0.308. The maximum absolute atomic E-state index is 11.6. The highest BCUT2D eigenvalue weighted by molar-refractivity contribution is 9.10. The van der Waals surface area contributed by atoms with Gasteiger partial charge in [0.25, 0.3) is 0 Å². The molecular formula is C13H14BrN3O2S. The van der Waals surface area contributed by atoms with Crippen LogP contribution in [0, 0.1) is 0 Å². The number of rotatable bonds is 2. The van der Waals surface area contributed by atoms with Gasteiger partial charge in [-0.2, -0.15) is 0 Å². The Bertz CT molecular complexity index is 622. The molecule has 0 saturated heterocycles. The van der Waals surface area contributed by atoms with Crippen molar-refractivity contribution in [2.24, 2.45) is 0 Å². The molecule has 2 heterocycles. The second kappa shape index (κ2) is 5.88. The smallest absolute Gasteiger partial charge is 0.413 e. The third kappa shape index (κ3) is 4.28. The topological polar surface area (TPSA) is 64.1 Å².